The molecule has 0 aliphatic heterocycles. The van der Waals surface area contributed by atoms with E-state index >= 15 is 0 Å². The molecule has 0 saturated carbocycles. The Bertz CT molecular complexity index is 490. The van der Waals surface area contributed by atoms with Gasteiger partial charge in [-0.2, -0.15) is 0 Å². The molecule has 0 aliphatic carbocycles. The number of hydrogen-bond acceptors (Lipinski definition) is 4. The molecule has 0 saturated heterocycles. The molecule has 0 atom stereocenters. The Morgan fingerprint density at radius 1 is 1.33 bits per heavy atom. The van der Waals surface area contributed by atoms with Crippen molar-refractivity contribution >= 4 is 32.6 Å². The van der Waals surface area contributed by atoms with Crippen LogP contribution in [0.3, 0.4) is 0 Å². The van der Waals surface area contributed by atoms with Gasteiger partial charge in [0.1, 0.15) is 5.75 Å². The summed E-state index contributed by atoms with van der Waals surface area (Å²) in [6.45, 7) is 0.890. The summed E-state index contributed by atoms with van der Waals surface area (Å²) in [6, 6.07) is 4.75. The van der Waals surface area contributed by atoms with E-state index in [4.69, 9.17) is 9.47 Å². The van der Waals surface area contributed by atoms with Gasteiger partial charge >= 0.3 is 0 Å². The van der Waals surface area contributed by atoms with Crippen LogP contribution in [0, 0.1) is 3.57 Å². The number of sulfonamides is 1. The highest BCUT2D eigenvalue weighted by molar-refractivity contribution is 14.1. The summed E-state index contributed by atoms with van der Waals surface area (Å²) in [6.07, 6.45) is 0.642. The van der Waals surface area contributed by atoms with Crippen LogP contribution in [0.1, 0.15) is 6.42 Å². The van der Waals surface area contributed by atoms with Crippen molar-refractivity contribution in [1.82, 2.24) is 4.72 Å². The van der Waals surface area contributed by atoms with Crippen LogP contribution in [0.4, 0.5) is 0 Å². The lowest BCUT2D eigenvalue weighted by molar-refractivity contribution is 0.196. The first-order valence-corrected chi connectivity index (χ1v) is 7.89. The van der Waals surface area contributed by atoms with Gasteiger partial charge < -0.3 is 9.47 Å². The van der Waals surface area contributed by atoms with E-state index in [0.29, 0.717) is 25.3 Å². The second kappa shape index (κ2) is 7.27. The fourth-order valence-electron chi connectivity index (χ4n) is 1.32. The van der Waals surface area contributed by atoms with Gasteiger partial charge in [0, 0.05) is 20.3 Å². The molecule has 0 aliphatic rings. The summed E-state index contributed by atoms with van der Waals surface area (Å²) in [5, 5.41) is 0. The van der Waals surface area contributed by atoms with E-state index in [2.05, 4.69) is 4.72 Å². The van der Waals surface area contributed by atoms with E-state index in [1.54, 1.807) is 26.4 Å². The van der Waals surface area contributed by atoms with Gasteiger partial charge in [0.05, 0.1) is 15.6 Å². The summed E-state index contributed by atoms with van der Waals surface area (Å²) >= 11 is 2.04. The second-order valence-corrected chi connectivity index (χ2v) is 6.47. The fourth-order valence-corrected chi connectivity index (χ4v) is 3.37. The number of rotatable bonds is 7. The molecule has 1 aromatic carbocycles. The number of methoxy groups -OCH3 is 2. The van der Waals surface area contributed by atoms with Crippen molar-refractivity contribution in [1.29, 1.82) is 0 Å². The number of halogens is 1. The average molecular weight is 385 g/mol. The Hall–Kier alpha value is -0.380. The van der Waals surface area contributed by atoms with Crippen molar-refractivity contribution in [2.45, 2.75) is 11.3 Å². The molecule has 1 rings (SSSR count). The van der Waals surface area contributed by atoms with Crippen LogP contribution >= 0.6 is 22.6 Å². The van der Waals surface area contributed by atoms with Gasteiger partial charge in [-0.1, -0.05) is 0 Å². The predicted molar refractivity (Wildman–Crippen MR) is 77.4 cm³/mol. The molecule has 7 heteroatoms. The van der Waals surface area contributed by atoms with Crippen molar-refractivity contribution in [2.24, 2.45) is 0 Å². The first-order chi connectivity index (χ1) is 8.51. The molecule has 0 radical (unpaired) electrons. The van der Waals surface area contributed by atoms with Crippen molar-refractivity contribution in [3.63, 3.8) is 0 Å². The van der Waals surface area contributed by atoms with Crippen LogP contribution < -0.4 is 9.46 Å². The highest BCUT2D eigenvalue weighted by Crippen LogP contribution is 2.23. The van der Waals surface area contributed by atoms with Gasteiger partial charge in [-0.15, -0.1) is 0 Å². The Morgan fingerprint density at radius 3 is 2.61 bits per heavy atom. The summed E-state index contributed by atoms with van der Waals surface area (Å²) in [5.41, 5.74) is 0. The first kappa shape index (κ1) is 15.7. The van der Waals surface area contributed by atoms with Crippen molar-refractivity contribution in [2.75, 3.05) is 27.4 Å². The summed E-state index contributed by atoms with van der Waals surface area (Å²) in [7, 11) is -0.320. The molecule has 1 aromatic rings. The highest BCUT2D eigenvalue weighted by atomic mass is 127. The second-order valence-electron chi connectivity index (χ2n) is 3.54. The largest absolute Gasteiger partial charge is 0.496 e. The third-order valence-electron chi connectivity index (χ3n) is 2.25. The molecule has 0 aromatic heterocycles. The molecular weight excluding hydrogens is 369 g/mol. The van der Waals surface area contributed by atoms with Crippen LogP contribution in [-0.2, 0) is 14.8 Å². The number of nitrogens with one attached hydrogen (secondary N) is 1. The zero-order valence-corrected chi connectivity index (χ0v) is 13.2. The van der Waals surface area contributed by atoms with Gasteiger partial charge in [-0.3, -0.25) is 0 Å². The van der Waals surface area contributed by atoms with Gasteiger partial charge in [0.25, 0.3) is 0 Å². The van der Waals surface area contributed by atoms with Crippen molar-refractivity contribution in [3.05, 3.63) is 21.8 Å². The molecule has 0 fully saturated rings. The first-order valence-electron chi connectivity index (χ1n) is 5.33. The number of ether oxygens (including phenoxy) is 2. The zero-order chi connectivity index (χ0) is 13.6. The Kier molecular flexibility index (Phi) is 6.33. The van der Waals surface area contributed by atoms with Crippen LogP contribution in [0.5, 0.6) is 5.75 Å². The fraction of sp³-hybridized carbons (Fsp3) is 0.455. The Labute approximate surface area is 121 Å². The standard InChI is InChI=1S/C11H16INO4S/c1-16-7-3-6-13-18(14,15)9-4-5-11(17-2)10(12)8-9/h4-5,8,13H,3,6-7H2,1-2H3. The van der Waals surface area contributed by atoms with E-state index < -0.39 is 10.0 Å². The van der Waals surface area contributed by atoms with Crippen LogP contribution in [-0.4, -0.2) is 35.8 Å². The van der Waals surface area contributed by atoms with Crippen molar-refractivity contribution in [3.8, 4) is 5.75 Å². The lowest BCUT2D eigenvalue weighted by atomic mass is 10.3. The van der Waals surface area contributed by atoms with E-state index in [0.717, 1.165) is 3.57 Å². The van der Waals surface area contributed by atoms with E-state index in [-0.39, 0.29) is 4.90 Å². The third-order valence-corrected chi connectivity index (χ3v) is 4.55. The average Bonchev–Trinajstić information content (AvgIpc) is 2.34. The van der Waals surface area contributed by atoms with Crippen molar-refractivity contribution < 1.29 is 17.9 Å². The summed E-state index contributed by atoms with van der Waals surface area (Å²) in [5.74, 6) is 0.661. The SMILES string of the molecule is COCCCNS(=O)(=O)c1ccc(OC)c(I)c1. The predicted octanol–water partition coefficient (Wildman–Crippen LogP) is 1.61. The molecule has 0 amide bonds. The van der Waals surface area contributed by atoms with E-state index in [1.807, 2.05) is 22.6 Å². The lowest BCUT2D eigenvalue weighted by Crippen LogP contribution is -2.25. The van der Waals surface area contributed by atoms with Gasteiger partial charge in [-0.25, -0.2) is 13.1 Å². The quantitative estimate of drug-likeness (QED) is 0.572. The maximum absolute atomic E-state index is 12.0. The molecule has 5 nitrogen and oxygen atoms in total. The third kappa shape index (κ3) is 4.38. The lowest BCUT2D eigenvalue weighted by Gasteiger charge is -2.08. The topological polar surface area (TPSA) is 64.6 Å². The normalized spacial score (nSPS) is 11.5. The molecule has 0 heterocycles. The van der Waals surface area contributed by atoms with Crippen LogP contribution in [0.2, 0.25) is 0 Å². The Morgan fingerprint density at radius 2 is 2.06 bits per heavy atom. The van der Waals surface area contributed by atoms with E-state index in [9.17, 15) is 8.42 Å². The summed E-state index contributed by atoms with van der Waals surface area (Å²) < 4.78 is 37.1. The highest BCUT2D eigenvalue weighted by Gasteiger charge is 2.14. The molecular formula is C11H16INO4S. The molecule has 0 unspecified atom stereocenters. The maximum Gasteiger partial charge on any atom is 0.240 e. The Balaban J connectivity index is 2.76. The van der Waals surface area contributed by atoms with E-state index in [1.165, 1.54) is 6.07 Å². The minimum atomic E-state index is -3.45. The molecule has 102 valence electrons. The number of benzene rings is 1. The van der Waals surface area contributed by atoms with Gasteiger partial charge in [-0.05, 0) is 47.2 Å². The number of hydrogen-bond donors (Lipinski definition) is 1. The maximum atomic E-state index is 12.0. The minimum absolute atomic E-state index is 0.241. The zero-order valence-electron chi connectivity index (χ0n) is 10.3. The molecule has 1 N–H and O–H groups in total. The smallest absolute Gasteiger partial charge is 0.240 e. The van der Waals surface area contributed by atoms with Crippen LogP contribution in [0.15, 0.2) is 23.1 Å². The monoisotopic (exact) mass is 385 g/mol. The summed E-state index contributed by atoms with van der Waals surface area (Å²) in [4.78, 5) is 0.241. The minimum Gasteiger partial charge on any atom is -0.496 e. The molecule has 0 spiro atoms. The molecule has 0 bridgehead atoms. The van der Waals surface area contributed by atoms with Crippen LogP contribution in [0.25, 0.3) is 0 Å². The van der Waals surface area contributed by atoms with Gasteiger partial charge in [0.2, 0.25) is 10.0 Å². The molecule has 18 heavy (non-hydrogen) atoms. The van der Waals surface area contributed by atoms with Gasteiger partial charge in [0.15, 0.2) is 0 Å².